The maximum absolute atomic E-state index is 10.9. The zero-order valence-electron chi connectivity index (χ0n) is 10.3. The summed E-state index contributed by atoms with van der Waals surface area (Å²) in [7, 11) is -4.92. The van der Waals surface area contributed by atoms with E-state index in [1.54, 1.807) is 0 Å². The summed E-state index contributed by atoms with van der Waals surface area (Å²) >= 11 is 0. The van der Waals surface area contributed by atoms with Crippen LogP contribution in [0, 0.1) is 14.9 Å². The summed E-state index contributed by atoms with van der Waals surface area (Å²) in [6.07, 6.45) is 0. The molecule has 0 unspecified atom stereocenters. The normalized spacial score (nSPS) is 9.32. The molecule has 1 aromatic carbocycles. The van der Waals surface area contributed by atoms with Gasteiger partial charge < -0.3 is 25.1 Å². The third-order valence-corrected chi connectivity index (χ3v) is 2.69. The molecule has 0 spiro atoms. The number of aromatic carboxylic acids is 2. The predicted molar refractivity (Wildman–Crippen MR) is 68.8 cm³/mol. The molecule has 0 saturated carbocycles. The van der Waals surface area contributed by atoms with Gasteiger partial charge in [-0.1, -0.05) is 6.07 Å². The molecule has 0 saturated heterocycles. The number of carbonyl (C=O) groups is 2. The second-order valence-corrected chi connectivity index (χ2v) is 4.13. The van der Waals surface area contributed by atoms with Crippen LogP contribution < -0.4 is 0 Å². The van der Waals surface area contributed by atoms with Gasteiger partial charge in [0.15, 0.2) is 0 Å². The fourth-order valence-electron chi connectivity index (χ4n) is 1.15. The first-order chi connectivity index (χ1) is 7.25. The van der Waals surface area contributed by atoms with Crippen molar-refractivity contribution in [2.45, 2.75) is 4.90 Å². The van der Waals surface area contributed by atoms with Crippen LogP contribution in [-0.2, 0) is 10.1 Å². The van der Waals surface area contributed by atoms with Crippen molar-refractivity contribution >= 4 is 70.9 Å². The molecule has 0 radical (unpaired) electrons. The van der Waals surface area contributed by atoms with Gasteiger partial charge in [-0.05, 0) is 12.1 Å². The van der Waals surface area contributed by atoms with Gasteiger partial charge in [-0.3, -0.25) is 4.55 Å². The summed E-state index contributed by atoms with van der Waals surface area (Å²) in [4.78, 5) is 20.2. The molecular weight excluding hydrogens is 401 g/mol. The monoisotopic (exact) mass is 414 g/mol. The van der Waals surface area contributed by atoms with Gasteiger partial charge in [0.25, 0.3) is 10.1 Å². The van der Waals surface area contributed by atoms with Gasteiger partial charge in [-0.2, -0.15) is 8.42 Å². The van der Waals surface area contributed by atoms with E-state index in [9.17, 15) is 18.0 Å². The van der Waals surface area contributed by atoms with E-state index in [2.05, 4.69) is 0 Å². The molecule has 3 N–H and O–H groups in total. The summed E-state index contributed by atoms with van der Waals surface area (Å²) in [5.41, 5.74) is -1.58. The number of benzene rings is 1. The topological polar surface area (TPSA) is 129 Å². The first-order valence-electron chi connectivity index (χ1n) is 3.82. The van der Waals surface area contributed by atoms with Gasteiger partial charge in [0, 0.05) is 0 Å². The minimum Gasteiger partial charge on any atom is -0.478 e. The molecule has 102 valence electrons. The molecule has 7 nitrogen and oxygen atoms in total. The molecule has 9 heteroatoms. The number of carboxylic acids is 2. The van der Waals surface area contributed by atoms with E-state index >= 15 is 0 Å². The summed E-state index contributed by atoms with van der Waals surface area (Å²) < 4.78 is 30.6. The van der Waals surface area contributed by atoms with Crippen LogP contribution in [0.5, 0.6) is 0 Å². The van der Waals surface area contributed by atoms with Gasteiger partial charge >= 0.3 is 60.8 Å². The molecule has 0 amide bonds. The first-order valence-corrected chi connectivity index (χ1v) is 5.26. The molecule has 0 aliphatic heterocycles. The van der Waals surface area contributed by atoms with Gasteiger partial charge in [0.1, 0.15) is 4.90 Å². The summed E-state index contributed by atoms with van der Waals surface area (Å²) in [6, 6.07) is 2.84. The third-order valence-electron chi connectivity index (χ3n) is 1.73. The minimum absolute atomic E-state index is 0. The van der Waals surface area contributed by atoms with Crippen LogP contribution in [0.25, 0.3) is 0 Å². The van der Waals surface area contributed by atoms with Crippen LogP contribution in [0.3, 0.4) is 0 Å². The minimum atomic E-state index is -4.92. The number of carboxylic acid groups (broad SMARTS) is 2. The van der Waals surface area contributed by atoms with E-state index < -0.39 is 38.1 Å². The average molecular weight is 414 g/mol. The van der Waals surface area contributed by atoms with E-state index in [0.29, 0.717) is 0 Å². The van der Waals surface area contributed by atoms with Crippen molar-refractivity contribution < 1.29 is 32.8 Å². The Morgan fingerprint density at radius 2 is 1.26 bits per heavy atom. The molecule has 0 bridgehead atoms. The van der Waals surface area contributed by atoms with Crippen molar-refractivity contribution in [1.29, 1.82) is 0 Å². The fourth-order valence-corrected chi connectivity index (χ4v) is 2.02. The number of hydrogen-bond donors (Lipinski definition) is 3. The predicted octanol–water partition coefficient (Wildman–Crippen LogP) is 0.849. The van der Waals surface area contributed by atoms with Crippen LogP contribution in [-0.4, -0.2) is 84.0 Å². The van der Waals surface area contributed by atoms with Crippen LogP contribution in [0.15, 0.2) is 23.1 Å². The van der Waals surface area contributed by atoms with Crippen molar-refractivity contribution in [2.75, 3.05) is 0 Å². The van der Waals surface area contributed by atoms with Gasteiger partial charge in [0.2, 0.25) is 0 Å². The van der Waals surface area contributed by atoms with Crippen molar-refractivity contribution in [1.82, 2.24) is 0 Å². The standard InChI is InChI=1S/C8H6O7S.2CH3.Ba/c9-7(10)4-2-1-3-5(8(11)12)6(4)16(13,14)15;;;/h1-3H,(H,9,10)(H,11,12)(H,13,14,15);2*1H3;/q;2*-1;+2. The Kier molecular flexibility index (Phi) is 10.9. The Morgan fingerprint density at radius 1 is 0.947 bits per heavy atom. The molecular formula is C10H12BaO7S. The third kappa shape index (κ3) is 5.65. The van der Waals surface area contributed by atoms with Gasteiger partial charge in [0.05, 0.1) is 11.1 Å². The molecule has 0 aromatic heterocycles. The molecule has 0 heterocycles. The zero-order valence-corrected chi connectivity index (χ0v) is 15.6. The Hall–Kier alpha value is -0.359. The molecule has 0 fully saturated rings. The molecule has 0 atom stereocenters. The number of rotatable bonds is 3. The van der Waals surface area contributed by atoms with Gasteiger partial charge in [-0.25, -0.2) is 9.59 Å². The second kappa shape index (κ2) is 8.74. The maximum atomic E-state index is 10.9. The summed E-state index contributed by atoms with van der Waals surface area (Å²) in [5.74, 6) is -3.29. The second-order valence-electron chi connectivity index (χ2n) is 2.77. The maximum Gasteiger partial charge on any atom is 2.00 e. The van der Waals surface area contributed by atoms with Crippen LogP contribution in [0.2, 0.25) is 0 Å². The van der Waals surface area contributed by atoms with Crippen molar-refractivity contribution in [3.63, 3.8) is 0 Å². The largest absolute Gasteiger partial charge is 2.00 e. The molecule has 0 aliphatic carbocycles. The van der Waals surface area contributed by atoms with Crippen LogP contribution in [0.4, 0.5) is 0 Å². The molecule has 19 heavy (non-hydrogen) atoms. The van der Waals surface area contributed by atoms with Gasteiger partial charge in [-0.15, -0.1) is 0 Å². The fraction of sp³-hybridized carbons (Fsp3) is 0. The average Bonchev–Trinajstić information content (AvgIpc) is 2.15. The Bertz CT molecular complexity index is 533. The SMILES string of the molecule is O=C(O)c1cccc(C(=O)O)c1S(=O)(=O)O.[Ba+2].[CH3-].[CH3-]. The molecule has 1 aromatic rings. The first kappa shape index (κ1) is 23.7. The van der Waals surface area contributed by atoms with E-state index in [-0.39, 0.29) is 63.7 Å². The van der Waals surface area contributed by atoms with Crippen molar-refractivity contribution in [3.8, 4) is 0 Å². The zero-order chi connectivity index (χ0) is 12.5. The van der Waals surface area contributed by atoms with Crippen LogP contribution >= 0.6 is 0 Å². The van der Waals surface area contributed by atoms with Crippen LogP contribution in [0.1, 0.15) is 20.7 Å². The summed E-state index contributed by atoms with van der Waals surface area (Å²) in [5, 5.41) is 17.3. The Morgan fingerprint density at radius 3 is 1.47 bits per heavy atom. The van der Waals surface area contributed by atoms with Crippen molar-refractivity contribution in [3.05, 3.63) is 44.2 Å². The van der Waals surface area contributed by atoms with E-state index in [0.717, 1.165) is 18.2 Å². The van der Waals surface area contributed by atoms with E-state index in [1.807, 2.05) is 0 Å². The number of hydrogen-bond acceptors (Lipinski definition) is 4. The van der Waals surface area contributed by atoms with E-state index in [4.69, 9.17) is 14.8 Å². The molecule has 1 rings (SSSR count). The Labute approximate surface area is 151 Å². The van der Waals surface area contributed by atoms with E-state index in [1.165, 1.54) is 0 Å². The quantitative estimate of drug-likeness (QED) is 0.380. The smallest absolute Gasteiger partial charge is 0.478 e. The van der Waals surface area contributed by atoms with Crippen molar-refractivity contribution in [2.24, 2.45) is 0 Å². The summed E-state index contributed by atoms with van der Waals surface area (Å²) in [6.45, 7) is 0. The molecule has 0 aliphatic rings. The Balaban J connectivity index is -0.000000853.